The highest BCUT2D eigenvalue weighted by Crippen LogP contribution is 2.41. The number of benzene rings is 1. The van der Waals surface area contributed by atoms with Crippen LogP contribution in [0.5, 0.6) is 5.75 Å². The second-order valence-corrected chi connectivity index (χ2v) is 10.5. The largest absolute Gasteiger partial charge is 0.508 e. The highest BCUT2D eigenvalue weighted by atomic mass is 35.5. The minimum absolute atomic E-state index is 0.0311. The summed E-state index contributed by atoms with van der Waals surface area (Å²) in [5, 5.41) is 24.2. The van der Waals surface area contributed by atoms with E-state index in [4.69, 9.17) is 23.2 Å². The first-order valence-electron chi connectivity index (χ1n) is 8.55. The lowest BCUT2D eigenvalue weighted by atomic mass is 9.93. The summed E-state index contributed by atoms with van der Waals surface area (Å²) in [6.07, 6.45) is 1.95. The molecule has 150 valence electrons. The number of hydrogen-bond donors (Lipinski definition) is 3. The number of carbonyl (C=O) groups excluding carboxylic acids is 1. The van der Waals surface area contributed by atoms with Crippen LogP contribution in [0, 0.1) is 5.92 Å². The maximum atomic E-state index is 12.4. The number of phenolic OH excluding ortho intramolecular Hbond substituents is 1. The molecule has 3 N–H and O–H groups in total. The third kappa shape index (κ3) is 4.68. The van der Waals surface area contributed by atoms with E-state index in [2.05, 4.69) is 5.32 Å². The van der Waals surface area contributed by atoms with Gasteiger partial charge in [-0.3, -0.25) is 4.79 Å². The summed E-state index contributed by atoms with van der Waals surface area (Å²) in [6, 6.07) is 2.82. The molecule has 1 amide bonds. The summed E-state index contributed by atoms with van der Waals surface area (Å²) < 4.78 is 22.7. The molecule has 0 spiro atoms. The van der Waals surface area contributed by atoms with Gasteiger partial charge in [-0.1, -0.05) is 23.2 Å². The molecule has 7 nitrogen and oxygen atoms in total. The fourth-order valence-corrected chi connectivity index (χ4v) is 5.48. The molecule has 2 atom stereocenters. The molecule has 3 rings (SSSR count). The van der Waals surface area contributed by atoms with E-state index >= 15 is 0 Å². The molecule has 0 bridgehead atoms. The molecular formula is C17H22Cl2N2O5S. The number of phenols is 1. The standard InChI is InChI=1S/C17H22Cl2N2O5S/c1-27(25,26)9-17(24)7-21(8-17)14(23)5-10-4-12(20-6-10)15-13(22)3-2-11(18)16(15)19/h2-3,10,12,20,22,24H,4-9H2,1H3/t10-,12+/m0/s1. The first-order valence-corrected chi connectivity index (χ1v) is 11.4. The Morgan fingerprint density at radius 1 is 1.37 bits per heavy atom. The normalized spacial score (nSPS) is 24.7. The first kappa shape index (κ1) is 20.7. The maximum absolute atomic E-state index is 12.4. The van der Waals surface area contributed by atoms with Crippen molar-refractivity contribution in [1.29, 1.82) is 0 Å². The van der Waals surface area contributed by atoms with Gasteiger partial charge in [0.1, 0.15) is 21.2 Å². The van der Waals surface area contributed by atoms with Gasteiger partial charge in [-0.05, 0) is 31.0 Å². The Morgan fingerprint density at radius 3 is 2.67 bits per heavy atom. The zero-order valence-corrected chi connectivity index (χ0v) is 17.1. The van der Waals surface area contributed by atoms with Crippen LogP contribution in [0.15, 0.2) is 12.1 Å². The van der Waals surface area contributed by atoms with Crippen molar-refractivity contribution in [2.45, 2.75) is 24.5 Å². The van der Waals surface area contributed by atoms with Crippen LogP contribution in [0.2, 0.25) is 10.0 Å². The van der Waals surface area contributed by atoms with Gasteiger partial charge in [0.2, 0.25) is 5.91 Å². The maximum Gasteiger partial charge on any atom is 0.223 e. The number of carbonyl (C=O) groups is 1. The molecule has 2 heterocycles. The van der Waals surface area contributed by atoms with Crippen molar-refractivity contribution in [2.75, 3.05) is 31.6 Å². The van der Waals surface area contributed by atoms with Gasteiger partial charge in [0.05, 0.1) is 28.9 Å². The Labute approximate surface area is 168 Å². The zero-order valence-electron chi connectivity index (χ0n) is 14.8. The van der Waals surface area contributed by atoms with Crippen LogP contribution in [0.3, 0.4) is 0 Å². The van der Waals surface area contributed by atoms with Crippen molar-refractivity contribution >= 4 is 38.9 Å². The van der Waals surface area contributed by atoms with Crippen molar-refractivity contribution in [1.82, 2.24) is 10.2 Å². The summed E-state index contributed by atoms with van der Waals surface area (Å²) >= 11 is 12.2. The molecule has 2 aliphatic heterocycles. The third-order valence-corrected chi connectivity index (χ3v) is 6.88. The monoisotopic (exact) mass is 436 g/mol. The van der Waals surface area contributed by atoms with Crippen LogP contribution in [0.25, 0.3) is 0 Å². The van der Waals surface area contributed by atoms with Gasteiger partial charge in [-0.2, -0.15) is 0 Å². The molecular weight excluding hydrogens is 415 g/mol. The predicted octanol–water partition coefficient (Wildman–Crippen LogP) is 1.36. The zero-order chi connectivity index (χ0) is 20.0. The SMILES string of the molecule is CS(=O)(=O)CC1(O)CN(C(=O)C[C@H]2CN[C@@H](c3c(O)ccc(Cl)c3Cl)C2)C1. The van der Waals surface area contributed by atoms with Gasteiger partial charge in [0.25, 0.3) is 0 Å². The highest BCUT2D eigenvalue weighted by Gasteiger charge is 2.46. The highest BCUT2D eigenvalue weighted by molar-refractivity contribution is 7.90. The van der Waals surface area contributed by atoms with Gasteiger partial charge in [-0.15, -0.1) is 0 Å². The number of aromatic hydroxyl groups is 1. The topological polar surface area (TPSA) is 107 Å². The number of nitrogens with one attached hydrogen (secondary N) is 1. The molecule has 2 aliphatic rings. The number of sulfone groups is 1. The average Bonchev–Trinajstić information content (AvgIpc) is 2.95. The number of amides is 1. The number of hydrogen-bond acceptors (Lipinski definition) is 6. The lowest BCUT2D eigenvalue weighted by Gasteiger charge is -2.46. The van der Waals surface area contributed by atoms with E-state index in [1.165, 1.54) is 17.0 Å². The lowest BCUT2D eigenvalue weighted by molar-refractivity contribution is -0.152. The van der Waals surface area contributed by atoms with Gasteiger partial charge >= 0.3 is 0 Å². The van der Waals surface area contributed by atoms with Crippen LogP contribution in [-0.2, 0) is 14.6 Å². The minimum atomic E-state index is -3.31. The molecule has 27 heavy (non-hydrogen) atoms. The molecule has 2 fully saturated rings. The van der Waals surface area contributed by atoms with E-state index < -0.39 is 15.4 Å². The van der Waals surface area contributed by atoms with Crippen LogP contribution in [0.1, 0.15) is 24.4 Å². The molecule has 10 heteroatoms. The van der Waals surface area contributed by atoms with Crippen molar-refractivity contribution in [3.63, 3.8) is 0 Å². The quantitative estimate of drug-likeness (QED) is 0.642. The predicted molar refractivity (Wildman–Crippen MR) is 103 cm³/mol. The lowest BCUT2D eigenvalue weighted by Crippen LogP contribution is -2.66. The molecule has 0 unspecified atom stereocenters. The van der Waals surface area contributed by atoms with Crippen LogP contribution in [-0.4, -0.2) is 66.7 Å². The second kappa shape index (κ2) is 7.40. The second-order valence-electron chi connectivity index (χ2n) is 7.61. The van der Waals surface area contributed by atoms with Crippen LogP contribution < -0.4 is 5.32 Å². The molecule has 0 saturated carbocycles. The van der Waals surface area contributed by atoms with Crippen LogP contribution in [0.4, 0.5) is 0 Å². The van der Waals surface area contributed by atoms with Crippen LogP contribution >= 0.6 is 23.2 Å². The fourth-order valence-electron chi connectivity index (χ4n) is 3.87. The number of β-amino-alcohol motifs (C(OH)–C–C–N with tert-alkyl or cyclic N) is 1. The van der Waals surface area contributed by atoms with Crippen molar-refractivity contribution in [3.8, 4) is 5.75 Å². The van der Waals surface area contributed by atoms with E-state index in [9.17, 15) is 23.4 Å². The number of aliphatic hydroxyl groups is 1. The Kier molecular flexibility index (Phi) is 5.67. The van der Waals surface area contributed by atoms with Gasteiger partial charge in [0, 0.05) is 24.3 Å². The summed E-state index contributed by atoms with van der Waals surface area (Å²) in [5.74, 6) is -0.367. The molecule has 1 aromatic carbocycles. The number of likely N-dealkylation sites (tertiary alicyclic amines) is 1. The van der Waals surface area contributed by atoms with E-state index in [0.29, 0.717) is 28.6 Å². The summed E-state index contributed by atoms with van der Waals surface area (Å²) in [7, 11) is -3.31. The van der Waals surface area contributed by atoms with Gasteiger partial charge in [0.15, 0.2) is 0 Å². The van der Waals surface area contributed by atoms with E-state index in [1.54, 1.807) is 0 Å². The summed E-state index contributed by atoms with van der Waals surface area (Å²) in [6.45, 7) is 0.646. The first-order chi connectivity index (χ1) is 12.5. The van der Waals surface area contributed by atoms with E-state index in [0.717, 1.165) is 6.26 Å². The Balaban J connectivity index is 1.56. The smallest absolute Gasteiger partial charge is 0.223 e. The van der Waals surface area contributed by atoms with Gasteiger partial charge < -0.3 is 20.4 Å². The van der Waals surface area contributed by atoms with E-state index in [1.807, 2.05) is 0 Å². The molecule has 0 aliphatic carbocycles. The van der Waals surface area contributed by atoms with Crippen molar-refractivity contribution in [3.05, 3.63) is 27.7 Å². The summed E-state index contributed by atoms with van der Waals surface area (Å²) in [5.41, 5.74) is -0.814. The Morgan fingerprint density at radius 2 is 2.04 bits per heavy atom. The average molecular weight is 437 g/mol. The third-order valence-electron chi connectivity index (χ3n) is 5.00. The number of halogens is 2. The molecule has 2 saturated heterocycles. The number of nitrogens with zero attached hydrogens (tertiary/aromatic N) is 1. The fraction of sp³-hybridized carbons (Fsp3) is 0.588. The Hall–Kier alpha value is -1.06. The van der Waals surface area contributed by atoms with Crippen molar-refractivity contribution in [2.24, 2.45) is 5.92 Å². The molecule has 0 aromatic heterocycles. The summed E-state index contributed by atoms with van der Waals surface area (Å²) in [4.78, 5) is 13.9. The number of rotatable bonds is 5. The van der Waals surface area contributed by atoms with Gasteiger partial charge in [-0.25, -0.2) is 8.42 Å². The molecule has 0 radical (unpaired) electrons. The van der Waals surface area contributed by atoms with Crippen molar-refractivity contribution < 1.29 is 23.4 Å². The minimum Gasteiger partial charge on any atom is -0.508 e. The molecule has 1 aromatic rings. The Bertz CT molecular complexity index is 855. The van der Waals surface area contributed by atoms with E-state index in [-0.39, 0.29) is 48.9 Å².